The van der Waals surface area contributed by atoms with Crippen molar-refractivity contribution in [1.82, 2.24) is 10.3 Å². The van der Waals surface area contributed by atoms with Gasteiger partial charge in [-0.1, -0.05) is 20.3 Å². The standard InChI is InChI=1S/C16H26N2O/c1-4-17-13(3)14-9-10-18-16(11-14)19-15-8-6-5-7-12(15)2/h9-13,15,17H,4-8H2,1-3H3. The van der Waals surface area contributed by atoms with Gasteiger partial charge in [0.05, 0.1) is 0 Å². The van der Waals surface area contributed by atoms with E-state index < -0.39 is 0 Å². The molecule has 0 aromatic carbocycles. The van der Waals surface area contributed by atoms with Crippen molar-refractivity contribution in [2.75, 3.05) is 6.54 Å². The molecule has 1 aliphatic carbocycles. The Morgan fingerprint density at radius 1 is 1.42 bits per heavy atom. The van der Waals surface area contributed by atoms with Gasteiger partial charge in [0, 0.05) is 18.3 Å². The second-order valence-corrected chi connectivity index (χ2v) is 5.62. The van der Waals surface area contributed by atoms with Crippen molar-refractivity contribution < 1.29 is 4.74 Å². The normalized spacial score (nSPS) is 25.0. The molecule has 3 unspecified atom stereocenters. The van der Waals surface area contributed by atoms with Crippen LogP contribution < -0.4 is 10.1 Å². The molecule has 0 radical (unpaired) electrons. The van der Waals surface area contributed by atoms with Crippen molar-refractivity contribution in [3.8, 4) is 5.88 Å². The monoisotopic (exact) mass is 262 g/mol. The number of ether oxygens (including phenoxy) is 1. The van der Waals surface area contributed by atoms with Gasteiger partial charge in [0.25, 0.3) is 0 Å². The van der Waals surface area contributed by atoms with Gasteiger partial charge in [0.2, 0.25) is 5.88 Å². The molecule has 0 aliphatic heterocycles. The van der Waals surface area contributed by atoms with Crippen molar-refractivity contribution >= 4 is 0 Å². The summed E-state index contributed by atoms with van der Waals surface area (Å²) in [7, 11) is 0. The zero-order valence-corrected chi connectivity index (χ0v) is 12.4. The van der Waals surface area contributed by atoms with Gasteiger partial charge in [0.1, 0.15) is 6.10 Å². The summed E-state index contributed by atoms with van der Waals surface area (Å²) in [6.07, 6.45) is 7.25. The first-order valence-electron chi connectivity index (χ1n) is 7.56. The van der Waals surface area contributed by atoms with E-state index in [1.807, 2.05) is 6.20 Å². The largest absolute Gasteiger partial charge is 0.474 e. The van der Waals surface area contributed by atoms with Crippen LogP contribution >= 0.6 is 0 Å². The highest BCUT2D eigenvalue weighted by molar-refractivity contribution is 5.23. The molecule has 0 amide bonds. The molecule has 3 heteroatoms. The SMILES string of the molecule is CCNC(C)c1ccnc(OC2CCCCC2C)c1. The first kappa shape index (κ1) is 14.3. The predicted octanol–water partition coefficient (Wildman–Crippen LogP) is 3.71. The van der Waals surface area contributed by atoms with E-state index in [4.69, 9.17) is 4.74 Å². The van der Waals surface area contributed by atoms with Gasteiger partial charge in [-0.15, -0.1) is 0 Å². The Hall–Kier alpha value is -1.09. The first-order chi connectivity index (χ1) is 9.20. The Morgan fingerprint density at radius 2 is 2.21 bits per heavy atom. The van der Waals surface area contributed by atoms with Crippen LogP contribution in [-0.2, 0) is 0 Å². The number of hydrogen-bond donors (Lipinski definition) is 1. The van der Waals surface area contributed by atoms with E-state index in [1.54, 1.807) is 0 Å². The molecule has 0 saturated heterocycles. The zero-order valence-electron chi connectivity index (χ0n) is 12.4. The number of hydrogen-bond acceptors (Lipinski definition) is 3. The van der Waals surface area contributed by atoms with Crippen LogP contribution in [0.3, 0.4) is 0 Å². The van der Waals surface area contributed by atoms with E-state index in [0.29, 0.717) is 18.1 Å². The molecule has 0 bridgehead atoms. The summed E-state index contributed by atoms with van der Waals surface area (Å²) in [6.45, 7) is 7.55. The Morgan fingerprint density at radius 3 is 2.95 bits per heavy atom. The third kappa shape index (κ3) is 3.93. The molecule has 106 valence electrons. The van der Waals surface area contributed by atoms with Crippen LogP contribution in [0.5, 0.6) is 5.88 Å². The van der Waals surface area contributed by atoms with Gasteiger partial charge in [-0.25, -0.2) is 4.98 Å². The molecule has 3 nitrogen and oxygen atoms in total. The minimum atomic E-state index is 0.339. The Balaban J connectivity index is 2.02. The fourth-order valence-corrected chi connectivity index (χ4v) is 2.79. The number of aromatic nitrogens is 1. The highest BCUT2D eigenvalue weighted by atomic mass is 16.5. The van der Waals surface area contributed by atoms with Gasteiger partial charge < -0.3 is 10.1 Å². The summed E-state index contributed by atoms with van der Waals surface area (Å²) in [5.74, 6) is 1.42. The van der Waals surface area contributed by atoms with Crippen LogP contribution in [-0.4, -0.2) is 17.6 Å². The molecule has 1 saturated carbocycles. The lowest BCUT2D eigenvalue weighted by atomic mass is 9.88. The molecule has 1 N–H and O–H groups in total. The molecule has 19 heavy (non-hydrogen) atoms. The lowest BCUT2D eigenvalue weighted by molar-refractivity contribution is 0.0974. The Labute approximate surface area is 116 Å². The lowest BCUT2D eigenvalue weighted by Gasteiger charge is -2.29. The van der Waals surface area contributed by atoms with Gasteiger partial charge in [0.15, 0.2) is 0 Å². The van der Waals surface area contributed by atoms with E-state index in [2.05, 4.69) is 43.2 Å². The van der Waals surface area contributed by atoms with Crippen molar-refractivity contribution in [3.63, 3.8) is 0 Å². The average Bonchev–Trinajstić information content (AvgIpc) is 2.42. The van der Waals surface area contributed by atoms with Crippen LogP contribution in [0.25, 0.3) is 0 Å². The highest BCUT2D eigenvalue weighted by Crippen LogP contribution is 2.28. The summed E-state index contributed by atoms with van der Waals surface area (Å²) >= 11 is 0. The molecule has 1 fully saturated rings. The molecular weight excluding hydrogens is 236 g/mol. The number of pyridine rings is 1. The maximum Gasteiger partial charge on any atom is 0.213 e. The third-order valence-electron chi connectivity index (χ3n) is 4.07. The molecule has 1 heterocycles. The number of nitrogens with one attached hydrogen (secondary N) is 1. The quantitative estimate of drug-likeness (QED) is 0.878. The van der Waals surface area contributed by atoms with E-state index in [0.717, 1.165) is 18.8 Å². The fraction of sp³-hybridized carbons (Fsp3) is 0.688. The first-order valence-corrected chi connectivity index (χ1v) is 7.56. The fourth-order valence-electron chi connectivity index (χ4n) is 2.79. The summed E-state index contributed by atoms with van der Waals surface area (Å²) in [5, 5.41) is 3.42. The highest BCUT2D eigenvalue weighted by Gasteiger charge is 2.23. The van der Waals surface area contributed by atoms with Crippen LogP contribution in [0.1, 0.15) is 58.1 Å². The summed E-state index contributed by atoms with van der Waals surface area (Å²) < 4.78 is 6.10. The third-order valence-corrected chi connectivity index (χ3v) is 4.07. The molecule has 1 aromatic heterocycles. The van der Waals surface area contributed by atoms with E-state index >= 15 is 0 Å². The van der Waals surface area contributed by atoms with E-state index in [9.17, 15) is 0 Å². The van der Waals surface area contributed by atoms with E-state index in [-0.39, 0.29) is 0 Å². The lowest BCUT2D eigenvalue weighted by Crippen LogP contribution is -2.28. The van der Waals surface area contributed by atoms with Crippen molar-refractivity contribution in [3.05, 3.63) is 23.9 Å². The molecule has 1 aliphatic rings. The smallest absolute Gasteiger partial charge is 0.213 e. The zero-order chi connectivity index (χ0) is 13.7. The topological polar surface area (TPSA) is 34.2 Å². The minimum absolute atomic E-state index is 0.339. The summed E-state index contributed by atoms with van der Waals surface area (Å²) in [4.78, 5) is 4.36. The maximum atomic E-state index is 6.10. The second kappa shape index (κ2) is 6.90. The molecule has 2 rings (SSSR count). The van der Waals surface area contributed by atoms with Gasteiger partial charge in [-0.2, -0.15) is 0 Å². The summed E-state index contributed by atoms with van der Waals surface area (Å²) in [5.41, 5.74) is 1.25. The van der Waals surface area contributed by atoms with Crippen molar-refractivity contribution in [2.24, 2.45) is 5.92 Å². The van der Waals surface area contributed by atoms with Crippen molar-refractivity contribution in [1.29, 1.82) is 0 Å². The van der Waals surface area contributed by atoms with Gasteiger partial charge >= 0.3 is 0 Å². The van der Waals surface area contributed by atoms with Gasteiger partial charge in [-0.05, 0) is 50.3 Å². The Kier molecular flexibility index (Phi) is 5.20. The average molecular weight is 262 g/mol. The summed E-state index contributed by atoms with van der Waals surface area (Å²) in [6, 6.07) is 4.48. The van der Waals surface area contributed by atoms with E-state index in [1.165, 1.54) is 24.8 Å². The van der Waals surface area contributed by atoms with Crippen LogP contribution in [0.4, 0.5) is 0 Å². The second-order valence-electron chi connectivity index (χ2n) is 5.62. The van der Waals surface area contributed by atoms with Gasteiger partial charge in [-0.3, -0.25) is 0 Å². The molecule has 1 aromatic rings. The number of rotatable bonds is 5. The Bertz CT molecular complexity index is 394. The minimum Gasteiger partial charge on any atom is -0.474 e. The van der Waals surface area contributed by atoms with Crippen molar-refractivity contribution in [2.45, 2.75) is 58.6 Å². The van der Waals surface area contributed by atoms with Crippen LogP contribution in [0.15, 0.2) is 18.3 Å². The maximum absolute atomic E-state index is 6.10. The molecule has 3 atom stereocenters. The molecular formula is C16H26N2O. The predicted molar refractivity (Wildman–Crippen MR) is 78.4 cm³/mol. The number of nitrogens with zero attached hydrogens (tertiary/aromatic N) is 1. The molecule has 0 spiro atoms. The van der Waals surface area contributed by atoms with Crippen LogP contribution in [0, 0.1) is 5.92 Å². The van der Waals surface area contributed by atoms with Crippen LogP contribution in [0.2, 0.25) is 0 Å².